The molecule has 1 saturated carbocycles. The highest BCUT2D eigenvalue weighted by molar-refractivity contribution is 7.99. The summed E-state index contributed by atoms with van der Waals surface area (Å²) in [4.78, 5) is 0. The Kier molecular flexibility index (Phi) is 3.80. The number of nitrogens with two attached hydrogens (primary N) is 1. The van der Waals surface area contributed by atoms with E-state index in [9.17, 15) is 0 Å². The second-order valence-electron chi connectivity index (χ2n) is 5.20. The van der Waals surface area contributed by atoms with Gasteiger partial charge in [0.15, 0.2) is 0 Å². The maximum absolute atomic E-state index is 6.26. The minimum atomic E-state index is 0.00917. The van der Waals surface area contributed by atoms with Crippen molar-refractivity contribution in [3.05, 3.63) is 23.7 Å². The molecule has 2 N–H and O–H groups in total. The monoisotopic (exact) mass is 293 g/mol. The Labute approximate surface area is 122 Å². The number of rotatable bonds is 6. The first kappa shape index (κ1) is 13.6. The molecule has 0 saturated heterocycles. The number of aromatic nitrogens is 4. The van der Waals surface area contributed by atoms with Crippen LogP contribution >= 0.6 is 11.8 Å². The number of tetrazole rings is 1. The molecule has 20 heavy (non-hydrogen) atoms. The lowest BCUT2D eigenvalue weighted by Crippen LogP contribution is -2.25. The maximum Gasteiger partial charge on any atom is 0.210 e. The molecule has 2 atom stereocenters. The van der Waals surface area contributed by atoms with E-state index in [1.807, 2.05) is 23.7 Å². The number of aryl methyl sites for hydroxylation is 1. The summed E-state index contributed by atoms with van der Waals surface area (Å²) in [5.74, 6) is 1.79. The Hall–Kier alpha value is -1.34. The van der Waals surface area contributed by atoms with Crippen LogP contribution in [0.25, 0.3) is 0 Å². The van der Waals surface area contributed by atoms with Gasteiger partial charge in [0, 0.05) is 6.04 Å². The van der Waals surface area contributed by atoms with E-state index in [0.29, 0.717) is 6.04 Å². The molecule has 3 rings (SSSR count). The van der Waals surface area contributed by atoms with E-state index in [1.165, 1.54) is 0 Å². The Morgan fingerprint density at radius 1 is 1.50 bits per heavy atom. The average Bonchev–Trinajstić information content (AvgIpc) is 3.03. The van der Waals surface area contributed by atoms with E-state index in [0.717, 1.165) is 35.9 Å². The van der Waals surface area contributed by atoms with Crippen molar-refractivity contribution >= 4 is 11.8 Å². The van der Waals surface area contributed by atoms with Crippen LogP contribution in [0.5, 0.6) is 0 Å². The number of nitrogens with zero attached hydrogens (tertiary/aromatic N) is 4. The first-order valence-electron chi connectivity index (χ1n) is 6.95. The zero-order valence-electron chi connectivity index (χ0n) is 11.7. The van der Waals surface area contributed by atoms with Crippen LogP contribution in [0.1, 0.15) is 49.0 Å². The lowest BCUT2D eigenvalue weighted by atomic mass is 10.1. The van der Waals surface area contributed by atoms with Crippen molar-refractivity contribution in [2.75, 3.05) is 0 Å². The first-order chi connectivity index (χ1) is 9.69. The normalized spacial score (nSPS) is 18.1. The van der Waals surface area contributed by atoms with Crippen LogP contribution in [0.4, 0.5) is 0 Å². The van der Waals surface area contributed by atoms with Gasteiger partial charge in [-0.05, 0) is 48.7 Å². The van der Waals surface area contributed by atoms with Crippen molar-refractivity contribution in [2.45, 2.75) is 55.6 Å². The van der Waals surface area contributed by atoms with Crippen molar-refractivity contribution < 1.29 is 4.42 Å². The molecule has 0 aromatic carbocycles. The smallest absolute Gasteiger partial charge is 0.210 e. The summed E-state index contributed by atoms with van der Waals surface area (Å²) in [5, 5.41) is 12.9. The summed E-state index contributed by atoms with van der Waals surface area (Å²) in [7, 11) is 0. The van der Waals surface area contributed by atoms with Gasteiger partial charge in [0.2, 0.25) is 5.16 Å². The van der Waals surface area contributed by atoms with Crippen molar-refractivity contribution in [3.8, 4) is 0 Å². The van der Waals surface area contributed by atoms with Crippen molar-refractivity contribution in [3.63, 3.8) is 0 Å². The van der Waals surface area contributed by atoms with E-state index < -0.39 is 0 Å². The Balaban J connectivity index is 1.84. The van der Waals surface area contributed by atoms with Gasteiger partial charge in [-0.3, -0.25) is 0 Å². The van der Waals surface area contributed by atoms with Gasteiger partial charge < -0.3 is 10.2 Å². The predicted octanol–water partition coefficient (Wildman–Crippen LogP) is 2.48. The summed E-state index contributed by atoms with van der Waals surface area (Å²) in [6.07, 6.45) is 3.19. The third-order valence-electron chi connectivity index (χ3n) is 3.49. The molecule has 0 radical (unpaired) electrons. The maximum atomic E-state index is 6.26. The lowest BCUT2D eigenvalue weighted by Gasteiger charge is -2.19. The molecule has 2 heterocycles. The summed E-state index contributed by atoms with van der Waals surface area (Å²) < 4.78 is 7.67. The second kappa shape index (κ2) is 5.57. The molecule has 0 bridgehead atoms. The predicted molar refractivity (Wildman–Crippen MR) is 76.4 cm³/mol. The largest absolute Gasteiger partial charge is 0.465 e. The SMILES string of the molecule is CCC(N)C(Sc1nnnn1C1CC1)c1ccc(C)o1. The van der Waals surface area contributed by atoms with E-state index in [-0.39, 0.29) is 11.3 Å². The highest BCUT2D eigenvalue weighted by atomic mass is 32.2. The van der Waals surface area contributed by atoms with Crippen LogP contribution < -0.4 is 5.73 Å². The zero-order valence-corrected chi connectivity index (χ0v) is 12.5. The number of hydrogen-bond donors (Lipinski definition) is 1. The molecule has 108 valence electrons. The van der Waals surface area contributed by atoms with E-state index >= 15 is 0 Å². The molecule has 0 aliphatic heterocycles. The van der Waals surface area contributed by atoms with Crippen LogP contribution in [0.15, 0.2) is 21.7 Å². The van der Waals surface area contributed by atoms with Crippen LogP contribution in [0.3, 0.4) is 0 Å². The fourth-order valence-corrected chi connectivity index (χ4v) is 3.32. The molecule has 1 fully saturated rings. The summed E-state index contributed by atoms with van der Waals surface area (Å²) in [6.45, 7) is 4.02. The molecule has 1 aliphatic rings. The van der Waals surface area contributed by atoms with E-state index in [1.54, 1.807) is 11.8 Å². The number of thioether (sulfide) groups is 1. The van der Waals surface area contributed by atoms with Gasteiger partial charge in [-0.2, -0.15) is 0 Å². The van der Waals surface area contributed by atoms with E-state index in [4.69, 9.17) is 10.2 Å². The van der Waals surface area contributed by atoms with Gasteiger partial charge in [0.25, 0.3) is 0 Å². The van der Waals surface area contributed by atoms with Crippen molar-refractivity contribution in [2.24, 2.45) is 5.73 Å². The molecule has 6 nitrogen and oxygen atoms in total. The van der Waals surface area contributed by atoms with E-state index in [2.05, 4.69) is 22.4 Å². The third-order valence-corrected chi connectivity index (χ3v) is 4.80. The molecule has 2 aromatic heterocycles. The lowest BCUT2D eigenvalue weighted by molar-refractivity contribution is 0.453. The Bertz CT molecular complexity index is 577. The summed E-state index contributed by atoms with van der Waals surface area (Å²) in [6, 6.07) is 4.43. The average molecular weight is 293 g/mol. The molecule has 2 unspecified atom stereocenters. The highest BCUT2D eigenvalue weighted by Gasteiger charge is 2.31. The number of hydrogen-bond acceptors (Lipinski definition) is 6. The molecule has 0 spiro atoms. The van der Waals surface area contributed by atoms with Gasteiger partial charge in [0.1, 0.15) is 11.5 Å². The van der Waals surface area contributed by atoms with Crippen LogP contribution in [-0.2, 0) is 0 Å². The fraction of sp³-hybridized carbons (Fsp3) is 0.615. The minimum Gasteiger partial charge on any atom is -0.465 e. The molecular weight excluding hydrogens is 274 g/mol. The van der Waals surface area contributed by atoms with Gasteiger partial charge in [-0.1, -0.05) is 18.7 Å². The van der Waals surface area contributed by atoms with Gasteiger partial charge in [-0.25, -0.2) is 4.68 Å². The van der Waals surface area contributed by atoms with Crippen molar-refractivity contribution in [1.29, 1.82) is 0 Å². The quantitative estimate of drug-likeness (QED) is 0.824. The third kappa shape index (κ3) is 2.73. The second-order valence-corrected chi connectivity index (χ2v) is 6.30. The van der Waals surface area contributed by atoms with Gasteiger partial charge in [-0.15, -0.1) is 5.10 Å². The molecule has 7 heteroatoms. The molecule has 1 aliphatic carbocycles. The Morgan fingerprint density at radius 2 is 2.30 bits per heavy atom. The van der Waals surface area contributed by atoms with Crippen LogP contribution in [0, 0.1) is 6.92 Å². The van der Waals surface area contributed by atoms with Gasteiger partial charge >= 0.3 is 0 Å². The van der Waals surface area contributed by atoms with Crippen LogP contribution in [-0.4, -0.2) is 26.2 Å². The fourth-order valence-electron chi connectivity index (χ4n) is 2.10. The first-order valence-corrected chi connectivity index (χ1v) is 7.83. The highest BCUT2D eigenvalue weighted by Crippen LogP contribution is 2.42. The summed E-state index contributed by atoms with van der Waals surface area (Å²) in [5.41, 5.74) is 6.26. The zero-order chi connectivity index (χ0) is 14.1. The molecule has 2 aromatic rings. The van der Waals surface area contributed by atoms with Crippen molar-refractivity contribution in [1.82, 2.24) is 20.2 Å². The standard InChI is InChI=1S/C13H19N5OS/c1-3-10(14)12(11-7-4-8(2)19-11)20-13-15-16-17-18(13)9-5-6-9/h4,7,9-10,12H,3,5-6,14H2,1-2H3. The van der Waals surface area contributed by atoms with Crippen LogP contribution in [0.2, 0.25) is 0 Å². The topological polar surface area (TPSA) is 82.8 Å². The number of furan rings is 1. The van der Waals surface area contributed by atoms with Gasteiger partial charge in [0.05, 0.1) is 11.3 Å². The minimum absolute atomic E-state index is 0.00917. The summed E-state index contributed by atoms with van der Waals surface area (Å²) >= 11 is 1.60. The molecule has 0 amide bonds. The Morgan fingerprint density at radius 3 is 2.90 bits per heavy atom. The molecular formula is C13H19N5OS.